The Hall–Kier alpha value is -2.68. The average Bonchev–Trinajstić information content (AvgIpc) is 2.33. The van der Waals surface area contributed by atoms with E-state index in [9.17, 15) is 9.59 Å². The third-order valence-corrected chi connectivity index (χ3v) is 2.52. The summed E-state index contributed by atoms with van der Waals surface area (Å²) in [6, 6.07) is 5.14. The van der Waals surface area contributed by atoms with Crippen molar-refractivity contribution in [3.05, 3.63) is 34.4 Å². The Labute approximate surface area is 102 Å². The minimum atomic E-state index is -0.421. The van der Waals surface area contributed by atoms with Crippen LogP contribution in [0.3, 0.4) is 0 Å². The smallest absolute Gasteiger partial charge is 0.258 e. The van der Waals surface area contributed by atoms with E-state index in [4.69, 9.17) is 5.26 Å². The van der Waals surface area contributed by atoms with Crippen LogP contribution in [-0.2, 0) is 4.79 Å². The number of aromatic amines is 1. The number of carbonyl (C=O) groups excluding carboxylic acids is 1. The van der Waals surface area contributed by atoms with Crippen LogP contribution < -0.4 is 10.9 Å². The van der Waals surface area contributed by atoms with Crippen molar-refractivity contribution in [2.24, 2.45) is 0 Å². The number of carbonyl (C=O) groups is 1. The molecule has 0 fully saturated rings. The number of nitrogens with zero attached hydrogens (tertiary/aromatic N) is 2. The number of hydrogen-bond acceptors (Lipinski definition) is 4. The van der Waals surface area contributed by atoms with Crippen LogP contribution in [0, 0.1) is 18.3 Å². The molecule has 90 valence electrons. The minimum Gasteiger partial charge on any atom is -0.323 e. The molecular formula is C12H10N4O2. The van der Waals surface area contributed by atoms with Gasteiger partial charge < -0.3 is 10.3 Å². The third-order valence-electron chi connectivity index (χ3n) is 2.52. The van der Waals surface area contributed by atoms with Gasteiger partial charge in [0.25, 0.3) is 5.56 Å². The summed E-state index contributed by atoms with van der Waals surface area (Å²) in [6.45, 7) is 1.80. The van der Waals surface area contributed by atoms with Crippen molar-refractivity contribution in [3.8, 4) is 6.07 Å². The van der Waals surface area contributed by atoms with Crippen LogP contribution in [0.5, 0.6) is 0 Å². The molecule has 0 aliphatic heterocycles. The summed E-state index contributed by atoms with van der Waals surface area (Å²) in [7, 11) is 0. The molecule has 0 spiro atoms. The number of rotatable bonds is 2. The lowest BCUT2D eigenvalue weighted by molar-refractivity contribution is -0.115. The second-order valence-electron chi connectivity index (χ2n) is 3.77. The van der Waals surface area contributed by atoms with Crippen LogP contribution in [0.15, 0.2) is 23.3 Å². The monoisotopic (exact) mass is 242 g/mol. The van der Waals surface area contributed by atoms with E-state index in [1.165, 1.54) is 6.33 Å². The van der Waals surface area contributed by atoms with Crippen molar-refractivity contribution in [1.29, 1.82) is 5.26 Å². The maximum Gasteiger partial charge on any atom is 0.258 e. The van der Waals surface area contributed by atoms with E-state index >= 15 is 0 Å². The molecule has 1 aromatic heterocycles. The molecule has 2 N–H and O–H groups in total. The quantitative estimate of drug-likeness (QED) is 0.823. The van der Waals surface area contributed by atoms with Crippen LogP contribution in [0.2, 0.25) is 0 Å². The van der Waals surface area contributed by atoms with E-state index in [-0.39, 0.29) is 12.0 Å². The summed E-state index contributed by atoms with van der Waals surface area (Å²) in [6.07, 6.45) is 1.04. The molecular weight excluding hydrogens is 232 g/mol. The fraction of sp³-hybridized carbons (Fsp3) is 0.167. The molecule has 1 amide bonds. The Bertz CT molecular complexity index is 712. The van der Waals surface area contributed by atoms with Crippen LogP contribution in [-0.4, -0.2) is 15.9 Å². The van der Waals surface area contributed by atoms with Crippen LogP contribution in [0.25, 0.3) is 10.9 Å². The van der Waals surface area contributed by atoms with Crippen molar-refractivity contribution >= 4 is 22.5 Å². The number of H-pyrrole nitrogens is 1. The topological polar surface area (TPSA) is 98.6 Å². The number of hydrogen-bond donors (Lipinski definition) is 2. The number of benzene rings is 1. The number of nitriles is 1. The SMILES string of the molecule is Cc1ccc2c(=O)[nH]cnc2c1NC(=O)CC#N. The number of amides is 1. The van der Waals surface area contributed by atoms with Gasteiger partial charge in [-0.3, -0.25) is 9.59 Å². The van der Waals surface area contributed by atoms with Gasteiger partial charge in [-0.05, 0) is 18.6 Å². The molecule has 0 bridgehead atoms. The first-order valence-corrected chi connectivity index (χ1v) is 5.27. The molecule has 2 aromatic rings. The largest absolute Gasteiger partial charge is 0.323 e. The molecule has 1 heterocycles. The molecule has 1 aromatic carbocycles. The van der Waals surface area contributed by atoms with E-state index in [1.54, 1.807) is 25.1 Å². The zero-order chi connectivity index (χ0) is 13.1. The molecule has 6 nitrogen and oxygen atoms in total. The molecule has 6 heteroatoms. The molecule has 0 saturated carbocycles. The summed E-state index contributed by atoms with van der Waals surface area (Å²) in [5.74, 6) is -0.421. The Morgan fingerprint density at radius 2 is 2.33 bits per heavy atom. The molecule has 0 atom stereocenters. The van der Waals surface area contributed by atoms with Gasteiger partial charge in [0, 0.05) is 0 Å². The van der Waals surface area contributed by atoms with E-state index in [0.29, 0.717) is 16.6 Å². The highest BCUT2D eigenvalue weighted by Crippen LogP contribution is 2.23. The van der Waals surface area contributed by atoms with Gasteiger partial charge in [-0.2, -0.15) is 5.26 Å². The lowest BCUT2D eigenvalue weighted by Crippen LogP contribution is -2.14. The lowest BCUT2D eigenvalue weighted by atomic mass is 10.1. The van der Waals surface area contributed by atoms with E-state index in [2.05, 4.69) is 15.3 Å². The van der Waals surface area contributed by atoms with Gasteiger partial charge >= 0.3 is 0 Å². The van der Waals surface area contributed by atoms with E-state index in [0.717, 1.165) is 5.56 Å². The van der Waals surface area contributed by atoms with E-state index < -0.39 is 5.91 Å². The van der Waals surface area contributed by atoms with Gasteiger partial charge in [-0.25, -0.2) is 4.98 Å². The van der Waals surface area contributed by atoms with Crippen LogP contribution >= 0.6 is 0 Å². The molecule has 0 aliphatic rings. The fourth-order valence-corrected chi connectivity index (χ4v) is 1.66. The second-order valence-corrected chi connectivity index (χ2v) is 3.77. The first-order valence-electron chi connectivity index (χ1n) is 5.27. The molecule has 0 unspecified atom stereocenters. The molecule has 0 saturated heterocycles. The zero-order valence-corrected chi connectivity index (χ0v) is 9.65. The number of aryl methyl sites for hydroxylation is 1. The average molecular weight is 242 g/mol. The normalized spacial score (nSPS) is 10.0. The Balaban J connectivity index is 2.59. The Morgan fingerprint density at radius 3 is 3.06 bits per heavy atom. The minimum absolute atomic E-state index is 0.237. The highest BCUT2D eigenvalue weighted by Gasteiger charge is 2.11. The first kappa shape index (κ1) is 11.8. The predicted octanol–water partition coefficient (Wildman–Crippen LogP) is 1.08. The number of nitrogens with one attached hydrogen (secondary N) is 2. The van der Waals surface area contributed by atoms with Crippen molar-refractivity contribution < 1.29 is 4.79 Å². The zero-order valence-electron chi connectivity index (χ0n) is 9.65. The molecule has 0 radical (unpaired) electrons. The van der Waals surface area contributed by atoms with Gasteiger partial charge in [0.1, 0.15) is 11.9 Å². The second kappa shape index (κ2) is 4.67. The Kier molecular flexibility index (Phi) is 3.06. The number of aromatic nitrogens is 2. The highest BCUT2D eigenvalue weighted by atomic mass is 16.1. The fourth-order valence-electron chi connectivity index (χ4n) is 1.66. The van der Waals surface area contributed by atoms with Crippen molar-refractivity contribution in [2.75, 3.05) is 5.32 Å². The highest BCUT2D eigenvalue weighted by molar-refractivity contribution is 6.01. The number of anilines is 1. The lowest BCUT2D eigenvalue weighted by Gasteiger charge is -2.09. The summed E-state index contributed by atoms with van der Waals surface area (Å²) in [4.78, 5) is 29.6. The van der Waals surface area contributed by atoms with Gasteiger partial charge in [0.15, 0.2) is 0 Å². The van der Waals surface area contributed by atoms with Crippen molar-refractivity contribution in [2.45, 2.75) is 13.3 Å². The van der Waals surface area contributed by atoms with Crippen molar-refractivity contribution in [3.63, 3.8) is 0 Å². The maximum absolute atomic E-state index is 11.6. The maximum atomic E-state index is 11.6. The molecule has 18 heavy (non-hydrogen) atoms. The third kappa shape index (κ3) is 2.06. The summed E-state index contributed by atoms with van der Waals surface area (Å²) in [5, 5.41) is 11.5. The van der Waals surface area contributed by atoms with Gasteiger partial charge in [0.05, 0.1) is 23.5 Å². The van der Waals surface area contributed by atoms with Gasteiger partial charge in [-0.1, -0.05) is 6.07 Å². The van der Waals surface area contributed by atoms with Crippen LogP contribution in [0.1, 0.15) is 12.0 Å². The standard InChI is InChI=1S/C12H10N4O2/c1-7-2-3-8-11(14-6-15-12(8)18)10(7)16-9(17)4-5-13/h2-3,6H,4H2,1H3,(H,16,17)(H,14,15,18). The molecule has 0 aliphatic carbocycles. The van der Waals surface area contributed by atoms with Crippen molar-refractivity contribution in [1.82, 2.24) is 9.97 Å². The summed E-state index contributed by atoms with van der Waals surface area (Å²) < 4.78 is 0. The number of fused-ring (bicyclic) bond motifs is 1. The van der Waals surface area contributed by atoms with Crippen LogP contribution in [0.4, 0.5) is 5.69 Å². The van der Waals surface area contributed by atoms with Gasteiger partial charge in [0.2, 0.25) is 5.91 Å². The summed E-state index contributed by atoms with van der Waals surface area (Å²) >= 11 is 0. The summed E-state index contributed by atoms with van der Waals surface area (Å²) in [5.41, 5.74) is 1.41. The first-order chi connectivity index (χ1) is 8.63. The Morgan fingerprint density at radius 1 is 1.56 bits per heavy atom. The predicted molar refractivity (Wildman–Crippen MR) is 66.0 cm³/mol. The van der Waals surface area contributed by atoms with Gasteiger partial charge in [-0.15, -0.1) is 0 Å². The van der Waals surface area contributed by atoms with E-state index in [1.807, 2.05) is 0 Å². The molecule has 2 rings (SSSR count).